The van der Waals surface area contributed by atoms with Gasteiger partial charge in [0.1, 0.15) is 0 Å². The summed E-state index contributed by atoms with van der Waals surface area (Å²) in [6.45, 7) is 0. The Kier molecular flexibility index (Phi) is 2.98. The van der Waals surface area contributed by atoms with Gasteiger partial charge in [-0.1, -0.05) is 6.08 Å². The number of thiol groups is 1. The number of rotatable bonds is 2. The van der Waals surface area contributed by atoms with E-state index < -0.39 is 0 Å². The second-order valence-electron chi connectivity index (χ2n) is 2.06. The zero-order chi connectivity index (χ0) is 8.10. The van der Waals surface area contributed by atoms with Crippen LogP contribution in [0.3, 0.4) is 0 Å². The number of hydrogen-bond donors (Lipinski definition) is 2. The lowest BCUT2D eigenvalue weighted by Gasteiger charge is -1.95. The Morgan fingerprint density at radius 2 is 2.45 bits per heavy atom. The third kappa shape index (κ3) is 2.27. The number of nitrogens with two attached hydrogens (primary N) is 1. The van der Waals surface area contributed by atoms with Crippen LogP contribution in [0.15, 0.2) is 24.4 Å². The zero-order valence-electron chi connectivity index (χ0n) is 6.07. The Hall–Kier alpha value is -0.960. The number of nitrogens with zero attached hydrogens (tertiary/aromatic N) is 1. The van der Waals surface area contributed by atoms with Gasteiger partial charge in [0, 0.05) is 11.9 Å². The quantitative estimate of drug-likeness (QED) is 0.655. The fourth-order valence-corrected chi connectivity index (χ4v) is 0.839. The zero-order valence-corrected chi connectivity index (χ0v) is 6.96. The third-order valence-corrected chi connectivity index (χ3v) is 1.46. The van der Waals surface area contributed by atoms with E-state index in [1.807, 2.05) is 24.3 Å². The number of aromatic nitrogens is 1. The molecule has 1 heterocycles. The molecule has 2 nitrogen and oxygen atoms in total. The second kappa shape index (κ2) is 4.03. The molecule has 0 aliphatic rings. The highest BCUT2D eigenvalue weighted by Crippen LogP contribution is 2.08. The van der Waals surface area contributed by atoms with Crippen LogP contribution in [0.2, 0.25) is 0 Å². The van der Waals surface area contributed by atoms with Crippen molar-refractivity contribution in [3.05, 3.63) is 30.1 Å². The van der Waals surface area contributed by atoms with Crippen molar-refractivity contribution in [3.8, 4) is 0 Å². The van der Waals surface area contributed by atoms with Crippen LogP contribution in [0.25, 0.3) is 6.08 Å². The van der Waals surface area contributed by atoms with Crippen molar-refractivity contribution in [2.45, 2.75) is 0 Å². The molecule has 0 fully saturated rings. The highest BCUT2D eigenvalue weighted by molar-refractivity contribution is 7.80. The van der Waals surface area contributed by atoms with Crippen molar-refractivity contribution >= 4 is 24.4 Å². The maximum atomic E-state index is 5.62. The molecule has 1 rings (SSSR count). The molecule has 0 aromatic carbocycles. The van der Waals surface area contributed by atoms with Gasteiger partial charge in [0.25, 0.3) is 0 Å². The van der Waals surface area contributed by atoms with E-state index in [4.69, 9.17) is 5.73 Å². The predicted octanol–water partition coefficient (Wildman–Crippen LogP) is 1.61. The molecule has 11 heavy (non-hydrogen) atoms. The number of hydrogen-bond acceptors (Lipinski definition) is 3. The second-order valence-corrected chi connectivity index (χ2v) is 2.43. The maximum absolute atomic E-state index is 5.62. The fourth-order valence-electron chi connectivity index (χ4n) is 0.734. The van der Waals surface area contributed by atoms with Gasteiger partial charge in [-0.05, 0) is 18.2 Å². The molecule has 0 saturated carbocycles. The van der Waals surface area contributed by atoms with Crippen LogP contribution >= 0.6 is 12.6 Å². The molecule has 0 atom stereocenters. The van der Waals surface area contributed by atoms with Gasteiger partial charge in [-0.3, -0.25) is 4.98 Å². The lowest BCUT2D eigenvalue weighted by Crippen LogP contribution is -1.90. The van der Waals surface area contributed by atoms with Gasteiger partial charge in [0.2, 0.25) is 0 Å². The Balaban J connectivity index is 2.86. The molecule has 0 bridgehead atoms. The topological polar surface area (TPSA) is 38.9 Å². The first kappa shape index (κ1) is 8.14. The Morgan fingerprint density at radius 3 is 3.09 bits per heavy atom. The van der Waals surface area contributed by atoms with E-state index in [0.717, 1.165) is 5.69 Å². The first-order valence-electron chi connectivity index (χ1n) is 3.32. The van der Waals surface area contributed by atoms with Gasteiger partial charge in [0.05, 0.1) is 11.4 Å². The van der Waals surface area contributed by atoms with Crippen LogP contribution in [0, 0.1) is 0 Å². The SMILES string of the molecule is Nc1cccnc1C=CCS. The molecule has 0 unspecified atom stereocenters. The van der Waals surface area contributed by atoms with E-state index in [0.29, 0.717) is 11.4 Å². The summed E-state index contributed by atoms with van der Waals surface area (Å²) in [6, 6.07) is 3.64. The van der Waals surface area contributed by atoms with Crippen LogP contribution in [0.5, 0.6) is 0 Å². The highest BCUT2D eigenvalue weighted by atomic mass is 32.1. The summed E-state index contributed by atoms with van der Waals surface area (Å²) in [7, 11) is 0. The summed E-state index contributed by atoms with van der Waals surface area (Å²) in [4.78, 5) is 4.07. The molecule has 0 saturated heterocycles. The lowest BCUT2D eigenvalue weighted by atomic mass is 10.3. The molecular formula is C8H10N2S. The summed E-state index contributed by atoms with van der Waals surface area (Å²) in [5.41, 5.74) is 7.13. The molecule has 3 heteroatoms. The van der Waals surface area contributed by atoms with Gasteiger partial charge in [0.15, 0.2) is 0 Å². The Morgan fingerprint density at radius 1 is 1.64 bits per heavy atom. The van der Waals surface area contributed by atoms with Crippen molar-refractivity contribution < 1.29 is 0 Å². The molecular weight excluding hydrogens is 156 g/mol. The molecule has 0 spiro atoms. The van der Waals surface area contributed by atoms with Crippen molar-refractivity contribution in [1.29, 1.82) is 0 Å². The molecule has 1 aromatic rings. The lowest BCUT2D eigenvalue weighted by molar-refractivity contribution is 1.30. The van der Waals surface area contributed by atoms with E-state index in [2.05, 4.69) is 17.6 Å². The summed E-state index contributed by atoms with van der Waals surface area (Å²) in [6.07, 6.45) is 5.48. The molecule has 58 valence electrons. The molecule has 0 aliphatic carbocycles. The van der Waals surface area contributed by atoms with Crippen LogP contribution in [-0.4, -0.2) is 10.7 Å². The molecule has 0 radical (unpaired) electrons. The van der Waals surface area contributed by atoms with Gasteiger partial charge in [-0.25, -0.2) is 0 Å². The highest BCUT2D eigenvalue weighted by Gasteiger charge is 1.91. The van der Waals surface area contributed by atoms with E-state index >= 15 is 0 Å². The van der Waals surface area contributed by atoms with Gasteiger partial charge < -0.3 is 5.73 Å². The number of anilines is 1. The predicted molar refractivity (Wildman–Crippen MR) is 51.5 cm³/mol. The minimum atomic E-state index is 0.700. The first-order valence-corrected chi connectivity index (χ1v) is 3.95. The standard InChI is InChI=1S/C8H10N2S/c9-7-3-1-5-10-8(7)4-2-6-11/h1-5,11H,6,9H2. The normalized spacial score (nSPS) is 10.6. The summed E-state index contributed by atoms with van der Waals surface area (Å²) in [5.74, 6) is 0.704. The van der Waals surface area contributed by atoms with Gasteiger partial charge in [-0.2, -0.15) is 12.6 Å². The van der Waals surface area contributed by atoms with E-state index in [1.54, 1.807) is 6.20 Å². The molecule has 0 amide bonds. The third-order valence-electron chi connectivity index (χ3n) is 1.25. The fraction of sp³-hybridized carbons (Fsp3) is 0.125. The van der Waals surface area contributed by atoms with Gasteiger partial charge in [-0.15, -0.1) is 0 Å². The number of pyridine rings is 1. The number of nitrogen functional groups attached to an aromatic ring is 1. The van der Waals surface area contributed by atoms with E-state index in [1.165, 1.54) is 0 Å². The van der Waals surface area contributed by atoms with Crippen LogP contribution in [0.1, 0.15) is 5.69 Å². The first-order chi connectivity index (χ1) is 5.34. The smallest absolute Gasteiger partial charge is 0.0855 e. The van der Waals surface area contributed by atoms with Crippen LogP contribution in [-0.2, 0) is 0 Å². The summed E-state index contributed by atoms with van der Waals surface area (Å²) >= 11 is 4.03. The van der Waals surface area contributed by atoms with Crippen molar-refractivity contribution in [2.24, 2.45) is 0 Å². The average Bonchev–Trinajstić information content (AvgIpc) is 2.03. The summed E-state index contributed by atoms with van der Waals surface area (Å²) < 4.78 is 0. The van der Waals surface area contributed by atoms with Crippen molar-refractivity contribution in [2.75, 3.05) is 11.5 Å². The van der Waals surface area contributed by atoms with Crippen molar-refractivity contribution in [3.63, 3.8) is 0 Å². The minimum absolute atomic E-state index is 0.700. The average molecular weight is 166 g/mol. The Bertz CT molecular complexity index is 258. The summed E-state index contributed by atoms with van der Waals surface area (Å²) in [5, 5.41) is 0. The largest absolute Gasteiger partial charge is 0.397 e. The van der Waals surface area contributed by atoms with Gasteiger partial charge >= 0.3 is 0 Å². The minimum Gasteiger partial charge on any atom is -0.397 e. The Labute approximate surface area is 71.6 Å². The monoisotopic (exact) mass is 166 g/mol. The van der Waals surface area contributed by atoms with Crippen LogP contribution in [0.4, 0.5) is 5.69 Å². The van der Waals surface area contributed by atoms with Crippen molar-refractivity contribution in [1.82, 2.24) is 4.98 Å². The van der Waals surface area contributed by atoms with E-state index in [-0.39, 0.29) is 0 Å². The van der Waals surface area contributed by atoms with Crippen LogP contribution < -0.4 is 5.73 Å². The van der Waals surface area contributed by atoms with E-state index in [9.17, 15) is 0 Å². The molecule has 0 aliphatic heterocycles. The molecule has 1 aromatic heterocycles. The maximum Gasteiger partial charge on any atom is 0.0855 e. The molecule has 2 N–H and O–H groups in total.